The van der Waals surface area contributed by atoms with Crippen LogP contribution in [0.25, 0.3) is 0 Å². The van der Waals surface area contributed by atoms with Crippen LogP contribution in [0.5, 0.6) is 0 Å². The molecule has 0 aromatic carbocycles. The fourth-order valence-electron chi connectivity index (χ4n) is 0.133. The maximum atomic E-state index is 11.8. The zero-order chi connectivity index (χ0) is 9.50. The van der Waals surface area contributed by atoms with Gasteiger partial charge in [0.2, 0.25) is 0 Å². The number of alkyl halides is 2. The molecule has 0 aromatic rings. The molecule has 0 aliphatic rings. The first-order valence-corrected chi connectivity index (χ1v) is 4.70. The molecule has 2 N–H and O–H groups in total. The van der Waals surface area contributed by atoms with E-state index in [-0.39, 0.29) is 59.1 Å². The van der Waals surface area contributed by atoms with Crippen LogP contribution in [0.1, 0.15) is 0 Å². The number of rotatable bonds is 2. The van der Waals surface area contributed by atoms with E-state index in [1.54, 1.807) is 0 Å². The van der Waals surface area contributed by atoms with Gasteiger partial charge in [0.25, 0.3) is 0 Å². The molecule has 0 aliphatic carbocycles. The van der Waals surface area contributed by atoms with Gasteiger partial charge < -0.3 is 0 Å². The van der Waals surface area contributed by atoms with Crippen molar-refractivity contribution in [1.29, 1.82) is 0 Å². The van der Waals surface area contributed by atoms with Crippen LogP contribution in [-0.4, -0.2) is 89.6 Å². The fraction of sp³-hybridized carbons (Fsp3) is 1.00. The first-order chi connectivity index (χ1) is 4.50. The van der Waals surface area contributed by atoms with Crippen molar-refractivity contribution in [2.45, 2.75) is 4.59 Å². The second kappa shape index (κ2) is 5.68. The molecule has 0 saturated heterocycles. The van der Waals surface area contributed by atoms with Crippen LogP contribution in [0.4, 0.5) is 8.78 Å². The van der Waals surface area contributed by atoms with Gasteiger partial charge in [-0.2, -0.15) is 25.6 Å². The van der Waals surface area contributed by atoms with E-state index in [2.05, 4.69) is 0 Å². The van der Waals surface area contributed by atoms with Crippen molar-refractivity contribution in [3.63, 3.8) is 0 Å². The Labute approximate surface area is 117 Å². The van der Waals surface area contributed by atoms with Crippen LogP contribution in [0.3, 0.4) is 0 Å². The van der Waals surface area contributed by atoms with Crippen LogP contribution >= 0.6 is 0 Å². The zero-order valence-electron chi connectivity index (χ0n) is 4.60. The predicted octanol–water partition coefficient (Wildman–Crippen LogP) is -1.98. The summed E-state index contributed by atoms with van der Waals surface area (Å²) in [7, 11) is -12.3. The van der Waals surface area contributed by atoms with Crippen LogP contribution in [0.15, 0.2) is 0 Å². The minimum atomic E-state index is -6.13. The summed E-state index contributed by atoms with van der Waals surface area (Å²) in [5.41, 5.74) is 0. The summed E-state index contributed by atoms with van der Waals surface area (Å²) < 4.78 is 71.3. The molecule has 0 heterocycles. The summed E-state index contributed by atoms with van der Waals surface area (Å²) in [6.07, 6.45) is 0. The average molecular weight is 260 g/mol. The number of hydrogen-bond acceptors (Lipinski definition) is 4. The van der Waals surface area contributed by atoms with Crippen molar-refractivity contribution < 1.29 is 34.7 Å². The van der Waals surface area contributed by atoms with Gasteiger partial charge in [0.05, 0.1) is 0 Å². The Balaban J connectivity index is -0.000000500. The van der Waals surface area contributed by atoms with Crippen molar-refractivity contribution in [3.05, 3.63) is 0 Å². The van der Waals surface area contributed by atoms with Crippen molar-refractivity contribution in [3.8, 4) is 0 Å². The standard InChI is InChI=1S/CH2F2O6S2.2Na.2H/c2-1(3,10(4,5)6)11(7,8)9;;;;/h(H,4,5,6)(H,7,8,9);;;;. The van der Waals surface area contributed by atoms with E-state index in [1.807, 2.05) is 0 Å². The van der Waals surface area contributed by atoms with Crippen molar-refractivity contribution >= 4 is 79.4 Å². The van der Waals surface area contributed by atoms with Gasteiger partial charge in [-0.1, -0.05) is 0 Å². The number of halogens is 2. The van der Waals surface area contributed by atoms with Crippen molar-refractivity contribution in [1.82, 2.24) is 0 Å². The Bertz CT molecular complexity index is 309. The molecule has 0 fully saturated rings. The first kappa shape index (κ1) is 20.1. The summed E-state index contributed by atoms with van der Waals surface area (Å²) in [6, 6.07) is 0. The third kappa shape index (κ3) is 4.82. The maximum absolute atomic E-state index is 11.8. The molecule has 0 spiro atoms. The van der Waals surface area contributed by atoms with Gasteiger partial charge in [0.15, 0.2) is 0 Å². The minimum absolute atomic E-state index is 0. The van der Waals surface area contributed by atoms with Crippen molar-refractivity contribution in [2.75, 3.05) is 0 Å². The molecule has 6 nitrogen and oxygen atoms in total. The van der Waals surface area contributed by atoms with E-state index in [0.29, 0.717) is 0 Å². The molecule has 0 amide bonds. The van der Waals surface area contributed by atoms with E-state index < -0.39 is 24.8 Å². The molecule has 0 saturated carbocycles. The van der Waals surface area contributed by atoms with Crippen molar-refractivity contribution in [2.24, 2.45) is 0 Å². The summed E-state index contributed by atoms with van der Waals surface area (Å²) >= 11 is 0. The average Bonchev–Trinajstić information content (AvgIpc) is 1.58. The molecular formula is CH4F2Na2O6S2. The Morgan fingerprint density at radius 1 is 0.846 bits per heavy atom. The van der Waals surface area contributed by atoms with E-state index in [4.69, 9.17) is 9.11 Å². The number of hydrogen-bond donors (Lipinski definition) is 2. The topological polar surface area (TPSA) is 109 Å². The summed E-state index contributed by atoms with van der Waals surface area (Å²) in [5, 5.41) is 0. The second-order valence-corrected chi connectivity index (χ2v) is 4.60. The Hall–Kier alpha value is 1.68. The molecule has 0 unspecified atom stereocenters. The quantitative estimate of drug-likeness (QED) is 0.439. The summed E-state index contributed by atoms with van der Waals surface area (Å²) in [4.78, 5) is 0. The molecule has 72 valence electrons. The normalized spacial score (nSPS) is 12.6. The van der Waals surface area contributed by atoms with Gasteiger partial charge >= 0.3 is 83.9 Å². The molecule has 12 heteroatoms. The fourth-order valence-corrected chi connectivity index (χ4v) is 1.20. The van der Waals surface area contributed by atoms with Gasteiger partial charge in [-0.25, -0.2) is 0 Å². The van der Waals surface area contributed by atoms with Crippen LogP contribution in [0, 0.1) is 0 Å². The summed E-state index contributed by atoms with van der Waals surface area (Å²) in [5.74, 6) is 0. The summed E-state index contributed by atoms with van der Waals surface area (Å²) in [6.45, 7) is 0. The molecule has 0 radical (unpaired) electrons. The third-order valence-electron chi connectivity index (χ3n) is 0.601. The molecule has 0 rings (SSSR count). The third-order valence-corrected chi connectivity index (χ3v) is 3.07. The Morgan fingerprint density at radius 2 is 1.00 bits per heavy atom. The van der Waals surface area contributed by atoms with E-state index in [1.165, 1.54) is 0 Å². The van der Waals surface area contributed by atoms with Gasteiger partial charge in [-0.3, -0.25) is 9.11 Å². The monoisotopic (exact) mass is 260 g/mol. The molecule has 0 aliphatic heterocycles. The van der Waals surface area contributed by atoms with E-state index in [0.717, 1.165) is 0 Å². The second-order valence-electron chi connectivity index (χ2n) is 1.41. The molecule has 0 atom stereocenters. The van der Waals surface area contributed by atoms with Crippen LogP contribution in [0.2, 0.25) is 0 Å². The Morgan fingerprint density at radius 3 is 1.00 bits per heavy atom. The predicted molar refractivity (Wildman–Crippen MR) is 42.3 cm³/mol. The van der Waals surface area contributed by atoms with Crippen LogP contribution in [-0.2, 0) is 20.2 Å². The molecule has 13 heavy (non-hydrogen) atoms. The molecule has 0 aromatic heterocycles. The SMILES string of the molecule is O=S(=O)(O)C(F)(F)S(=O)(=O)O.[NaH].[NaH]. The van der Waals surface area contributed by atoms with Gasteiger partial charge in [0.1, 0.15) is 0 Å². The Kier molecular flexibility index (Phi) is 8.80. The zero-order valence-corrected chi connectivity index (χ0v) is 6.23. The van der Waals surface area contributed by atoms with Gasteiger partial charge in [-0.05, 0) is 0 Å². The van der Waals surface area contributed by atoms with Gasteiger partial charge in [0, 0.05) is 0 Å². The van der Waals surface area contributed by atoms with Gasteiger partial charge in [-0.15, -0.1) is 0 Å². The first-order valence-electron chi connectivity index (χ1n) is 1.82. The molecule has 0 bridgehead atoms. The molecular weight excluding hydrogens is 256 g/mol. The van der Waals surface area contributed by atoms with E-state index in [9.17, 15) is 25.6 Å². The van der Waals surface area contributed by atoms with E-state index >= 15 is 0 Å². The van der Waals surface area contributed by atoms with Crippen LogP contribution < -0.4 is 0 Å².